The molecular weight excluding hydrogens is 296 g/mol. The highest BCUT2D eigenvalue weighted by Gasteiger charge is 2.36. The molecule has 0 radical (unpaired) electrons. The summed E-state index contributed by atoms with van der Waals surface area (Å²) in [6.45, 7) is 11.1. The van der Waals surface area contributed by atoms with E-state index < -0.39 is 0 Å². The second-order valence-electron chi connectivity index (χ2n) is 8.55. The monoisotopic (exact) mass is 330 g/mol. The Bertz CT molecular complexity index is 569. The minimum Gasteiger partial charge on any atom is -0.507 e. The summed E-state index contributed by atoms with van der Waals surface area (Å²) in [7, 11) is 0. The third kappa shape index (κ3) is 4.34. The van der Waals surface area contributed by atoms with E-state index in [0.29, 0.717) is 11.5 Å². The lowest BCUT2D eigenvalue weighted by molar-refractivity contribution is 0.194. The molecule has 0 amide bonds. The molecule has 1 aliphatic rings. The molecule has 0 heterocycles. The molecule has 0 saturated heterocycles. The number of phenols is 2. The summed E-state index contributed by atoms with van der Waals surface area (Å²) in [6, 6.07) is 3.73. The van der Waals surface area contributed by atoms with E-state index in [-0.39, 0.29) is 22.8 Å². The number of aryl methyl sites for hydroxylation is 1. The van der Waals surface area contributed by atoms with Gasteiger partial charge in [0.15, 0.2) is 0 Å². The van der Waals surface area contributed by atoms with Gasteiger partial charge in [0.1, 0.15) is 11.5 Å². The van der Waals surface area contributed by atoms with Crippen LogP contribution in [0.4, 0.5) is 0 Å². The van der Waals surface area contributed by atoms with Crippen molar-refractivity contribution in [1.82, 2.24) is 0 Å². The molecule has 0 spiro atoms. The van der Waals surface area contributed by atoms with Gasteiger partial charge in [0.2, 0.25) is 0 Å². The SMILES string of the molecule is CCCCCc1cc(O)c([C@@H]2C=C(C)CC[C@H]2C(C)(C)C)c(O)c1. The van der Waals surface area contributed by atoms with Crippen LogP contribution in [0.2, 0.25) is 0 Å². The molecule has 134 valence electrons. The van der Waals surface area contributed by atoms with Crippen molar-refractivity contribution in [3.8, 4) is 11.5 Å². The zero-order valence-electron chi connectivity index (χ0n) is 16.0. The maximum Gasteiger partial charge on any atom is 0.123 e. The Labute approximate surface area is 147 Å². The molecule has 2 N–H and O–H groups in total. The Kier molecular flexibility index (Phi) is 6.01. The average molecular weight is 331 g/mol. The van der Waals surface area contributed by atoms with E-state index in [1.807, 2.05) is 12.1 Å². The van der Waals surface area contributed by atoms with Crippen molar-refractivity contribution in [2.45, 2.75) is 79.1 Å². The fraction of sp³-hybridized carbons (Fsp3) is 0.636. The van der Waals surface area contributed by atoms with E-state index in [1.54, 1.807) is 0 Å². The second-order valence-corrected chi connectivity index (χ2v) is 8.55. The van der Waals surface area contributed by atoms with E-state index >= 15 is 0 Å². The molecule has 0 bridgehead atoms. The standard InChI is InChI=1S/C22H34O2/c1-6-7-8-9-16-13-19(23)21(20(24)14-16)17-12-15(2)10-11-18(17)22(3,4)5/h12-14,17-18,23-24H,6-11H2,1-5H3/t17-,18-/m1/s1. The summed E-state index contributed by atoms with van der Waals surface area (Å²) < 4.78 is 0. The summed E-state index contributed by atoms with van der Waals surface area (Å²) in [5.41, 5.74) is 3.24. The lowest BCUT2D eigenvalue weighted by Gasteiger charge is -2.39. The number of aromatic hydroxyl groups is 2. The predicted octanol–water partition coefficient (Wildman–Crippen LogP) is 6.32. The molecule has 0 aromatic heterocycles. The van der Waals surface area contributed by atoms with E-state index in [0.717, 1.165) is 31.2 Å². The van der Waals surface area contributed by atoms with Crippen molar-refractivity contribution in [3.05, 3.63) is 34.9 Å². The van der Waals surface area contributed by atoms with Crippen molar-refractivity contribution < 1.29 is 10.2 Å². The number of unbranched alkanes of at least 4 members (excludes halogenated alkanes) is 2. The number of hydrogen-bond acceptors (Lipinski definition) is 2. The van der Waals surface area contributed by atoms with Crippen LogP contribution in [0.3, 0.4) is 0 Å². The molecule has 2 nitrogen and oxygen atoms in total. The zero-order valence-corrected chi connectivity index (χ0v) is 16.0. The van der Waals surface area contributed by atoms with Gasteiger partial charge in [-0.3, -0.25) is 0 Å². The maximum absolute atomic E-state index is 10.7. The molecule has 0 fully saturated rings. The van der Waals surface area contributed by atoms with Gasteiger partial charge in [-0.05, 0) is 61.6 Å². The first-order valence-electron chi connectivity index (χ1n) is 9.46. The third-order valence-electron chi connectivity index (χ3n) is 5.46. The van der Waals surface area contributed by atoms with E-state index in [1.165, 1.54) is 18.4 Å². The molecule has 0 unspecified atom stereocenters. The summed E-state index contributed by atoms with van der Waals surface area (Å²) in [5.74, 6) is 1.02. The lowest BCUT2D eigenvalue weighted by Crippen LogP contribution is -2.28. The highest BCUT2D eigenvalue weighted by atomic mass is 16.3. The van der Waals surface area contributed by atoms with Gasteiger partial charge in [-0.15, -0.1) is 0 Å². The minimum absolute atomic E-state index is 0.0865. The number of rotatable bonds is 5. The zero-order chi connectivity index (χ0) is 17.9. The van der Waals surface area contributed by atoms with Crippen LogP contribution in [0, 0.1) is 11.3 Å². The van der Waals surface area contributed by atoms with Crippen LogP contribution in [0.5, 0.6) is 11.5 Å². The van der Waals surface area contributed by atoms with E-state index in [9.17, 15) is 10.2 Å². The highest BCUT2D eigenvalue weighted by Crippen LogP contribution is 2.50. The van der Waals surface area contributed by atoms with Crippen molar-refractivity contribution in [1.29, 1.82) is 0 Å². The van der Waals surface area contributed by atoms with Crippen LogP contribution in [-0.2, 0) is 6.42 Å². The van der Waals surface area contributed by atoms with Gasteiger partial charge in [0.25, 0.3) is 0 Å². The Morgan fingerprint density at radius 2 is 1.71 bits per heavy atom. The molecule has 1 aromatic carbocycles. The molecule has 1 aliphatic carbocycles. The first kappa shape index (κ1) is 18.9. The van der Waals surface area contributed by atoms with Crippen LogP contribution in [0.15, 0.2) is 23.8 Å². The molecule has 2 heteroatoms. The van der Waals surface area contributed by atoms with Gasteiger partial charge in [-0.1, -0.05) is 52.2 Å². The van der Waals surface area contributed by atoms with Crippen LogP contribution >= 0.6 is 0 Å². The molecule has 0 saturated carbocycles. The fourth-order valence-corrected chi connectivity index (χ4v) is 4.07. The van der Waals surface area contributed by atoms with Gasteiger partial charge in [0.05, 0.1) is 0 Å². The lowest BCUT2D eigenvalue weighted by atomic mass is 9.65. The minimum atomic E-state index is 0.0865. The highest BCUT2D eigenvalue weighted by molar-refractivity contribution is 5.51. The molecular formula is C22H34O2. The molecule has 2 rings (SSSR count). The summed E-state index contributed by atoms with van der Waals surface area (Å²) in [6.07, 6.45) is 8.84. The largest absolute Gasteiger partial charge is 0.507 e. The number of benzene rings is 1. The molecule has 24 heavy (non-hydrogen) atoms. The molecule has 0 aliphatic heterocycles. The van der Waals surface area contributed by atoms with Crippen molar-refractivity contribution >= 4 is 0 Å². The summed E-state index contributed by atoms with van der Waals surface area (Å²) >= 11 is 0. The Morgan fingerprint density at radius 3 is 2.25 bits per heavy atom. The van der Waals surface area contributed by atoms with Crippen LogP contribution in [-0.4, -0.2) is 10.2 Å². The van der Waals surface area contributed by atoms with Gasteiger partial charge in [-0.25, -0.2) is 0 Å². The average Bonchev–Trinajstić information content (AvgIpc) is 2.45. The van der Waals surface area contributed by atoms with Gasteiger partial charge < -0.3 is 10.2 Å². The fourth-order valence-electron chi connectivity index (χ4n) is 4.07. The van der Waals surface area contributed by atoms with E-state index in [2.05, 4.69) is 40.7 Å². The van der Waals surface area contributed by atoms with Crippen LogP contribution < -0.4 is 0 Å². The first-order chi connectivity index (χ1) is 11.2. The third-order valence-corrected chi connectivity index (χ3v) is 5.46. The normalized spacial score (nSPS) is 21.6. The number of allylic oxidation sites excluding steroid dienone is 2. The topological polar surface area (TPSA) is 40.5 Å². The van der Waals surface area contributed by atoms with Crippen LogP contribution in [0.1, 0.15) is 83.8 Å². The van der Waals surface area contributed by atoms with Gasteiger partial charge in [0, 0.05) is 11.5 Å². The first-order valence-corrected chi connectivity index (χ1v) is 9.46. The molecule has 2 atom stereocenters. The smallest absolute Gasteiger partial charge is 0.123 e. The Morgan fingerprint density at radius 1 is 1.08 bits per heavy atom. The second kappa shape index (κ2) is 7.63. The molecule has 1 aromatic rings. The summed E-state index contributed by atoms with van der Waals surface area (Å²) in [5, 5.41) is 21.3. The summed E-state index contributed by atoms with van der Waals surface area (Å²) in [4.78, 5) is 0. The Hall–Kier alpha value is -1.44. The van der Waals surface area contributed by atoms with Crippen molar-refractivity contribution in [2.75, 3.05) is 0 Å². The van der Waals surface area contributed by atoms with Gasteiger partial charge in [-0.2, -0.15) is 0 Å². The van der Waals surface area contributed by atoms with Crippen molar-refractivity contribution in [3.63, 3.8) is 0 Å². The number of phenolic OH excluding ortho intramolecular Hbond substituents is 2. The number of hydrogen-bond donors (Lipinski definition) is 2. The maximum atomic E-state index is 10.7. The van der Waals surface area contributed by atoms with Crippen molar-refractivity contribution in [2.24, 2.45) is 11.3 Å². The van der Waals surface area contributed by atoms with Crippen LogP contribution in [0.25, 0.3) is 0 Å². The van der Waals surface area contributed by atoms with Gasteiger partial charge >= 0.3 is 0 Å². The quantitative estimate of drug-likeness (QED) is 0.490. The predicted molar refractivity (Wildman–Crippen MR) is 102 cm³/mol. The van der Waals surface area contributed by atoms with E-state index in [4.69, 9.17) is 0 Å². The Balaban J connectivity index is 2.36.